The number of aromatic amines is 1. The van der Waals surface area contributed by atoms with Gasteiger partial charge in [0.25, 0.3) is 5.91 Å². The van der Waals surface area contributed by atoms with Crippen molar-refractivity contribution in [3.8, 4) is 0 Å². The Balaban J connectivity index is 2.02. The van der Waals surface area contributed by atoms with E-state index < -0.39 is 0 Å². The van der Waals surface area contributed by atoms with E-state index in [9.17, 15) is 9.59 Å². The lowest BCUT2D eigenvalue weighted by Crippen LogP contribution is -2.40. The zero-order valence-electron chi connectivity index (χ0n) is 12.1. The molecule has 0 radical (unpaired) electrons. The Labute approximate surface area is 118 Å². The molecule has 0 atom stereocenters. The van der Waals surface area contributed by atoms with E-state index in [2.05, 4.69) is 10.3 Å². The van der Waals surface area contributed by atoms with Crippen LogP contribution < -0.4 is 10.7 Å². The molecule has 0 aliphatic heterocycles. The lowest BCUT2D eigenvalue weighted by atomic mass is 9.87. The lowest BCUT2D eigenvalue weighted by Gasteiger charge is -2.28. The molecule has 1 aliphatic carbocycles. The van der Waals surface area contributed by atoms with Crippen LogP contribution in [-0.4, -0.2) is 31.2 Å². The van der Waals surface area contributed by atoms with E-state index in [-0.39, 0.29) is 22.3 Å². The summed E-state index contributed by atoms with van der Waals surface area (Å²) in [5.74, 6) is -0.311. The number of hydrogen-bond donors (Lipinski definition) is 2. The molecule has 1 aliphatic rings. The number of aryl methyl sites for hydroxylation is 1. The third-order valence-corrected chi connectivity index (χ3v) is 4.04. The molecule has 0 bridgehead atoms. The maximum absolute atomic E-state index is 12.1. The molecular weight excluding hydrogens is 256 g/mol. The van der Waals surface area contributed by atoms with Crippen LogP contribution in [0.1, 0.15) is 41.7 Å². The van der Waals surface area contributed by atoms with E-state index in [1.54, 1.807) is 14.0 Å². The summed E-state index contributed by atoms with van der Waals surface area (Å²) < 4.78 is 5.29. The third kappa shape index (κ3) is 3.28. The second kappa shape index (κ2) is 6.22. The maximum Gasteiger partial charge on any atom is 0.256 e. The van der Waals surface area contributed by atoms with Crippen molar-refractivity contribution in [3.63, 3.8) is 0 Å². The maximum atomic E-state index is 12.1. The number of carbonyl (C=O) groups excluding carboxylic acids is 1. The van der Waals surface area contributed by atoms with Crippen LogP contribution in [0.25, 0.3) is 0 Å². The predicted molar refractivity (Wildman–Crippen MR) is 76.9 cm³/mol. The molecule has 0 aromatic carbocycles. The van der Waals surface area contributed by atoms with E-state index in [1.807, 2.05) is 0 Å². The van der Waals surface area contributed by atoms with Gasteiger partial charge in [0.15, 0.2) is 5.43 Å². The van der Waals surface area contributed by atoms with Crippen LogP contribution in [0, 0.1) is 12.3 Å². The van der Waals surface area contributed by atoms with Crippen LogP contribution in [0.3, 0.4) is 0 Å². The van der Waals surface area contributed by atoms with Gasteiger partial charge in [0.1, 0.15) is 5.56 Å². The summed E-state index contributed by atoms with van der Waals surface area (Å²) >= 11 is 0. The summed E-state index contributed by atoms with van der Waals surface area (Å²) in [6, 6.07) is 1.44. The van der Waals surface area contributed by atoms with E-state index in [0.717, 1.165) is 18.5 Å². The Hall–Kier alpha value is -1.62. The number of H-pyrrole nitrogens is 1. The van der Waals surface area contributed by atoms with E-state index in [1.165, 1.54) is 25.1 Å². The van der Waals surface area contributed by atoms with Crippen molar-refractivity contribution in [1.82, 2.24) is 10.3 Å². The number of rotatable bonds is 5. The molecular formula is C15H22N2O3. The molecule has 2 rings (SSSR count). The minimum atomic E-state index is -0.311. The zero-order chi connectivity index (χ0) is 14.6. The molecule has 1 aromatic rings. The van der Waals surface area contributed by atoms with E-state index in [0.29, 0.717) is 13.2 Å². The van der Waals surface area contributed by atoms with Gasteiger partial charge in [-0.25, -0.2) is 0 Å². The largest absolute Gasteiger partial charge is 0.384 e. The Bertz CT molecular complexity index is 530. The van der Waals surface area contributed by atoms with E-state index in [4.69, 9.17) is 4.74 Å². The van der Waals surface area contributed by atoms with Gasteiger partial charge >= 0.3 is 0 Å². The molecule has 0 saturated heterocycles. The summed E-state index contributed by atoms with van der Waals surface area (Å²) in [7, 11) is 1.69. The summed E-state index contributed by atoms with van der Waals surface area (Å²) in [5.41, 5.74) is 0.701. The van der Waals surface area contributed by atoms with Gasteiger partial charge in [-0.2, -0.15) is 0 Å². The molecule has 2 N–H and O–H groups in total. The van der Waals surface area contributed by atoms with Crippen molar-refractivity contribution >= 4 is 5.91 Å². The molecule has 1 amide bonds. The molecule has 0 spiro atoms. The first-order chi connectivity index (χ1) is 9.56. The first-order valence-electron chi connectivity index (χ1n) is 7.03. The van der Waals surface area contributed by atoms with Crippen molar-refractivity contribution in [2.24, 2.45) is 5.41 Å². The van der Waals surface area contributed by atoms with Crippen LogP contribution in [0.4, 0.5) is 0 Å². The summed E-state index contributed by atoms with van der Waals surface area (Å²) in [5, 5.41) is 2.89. The Morgan fingerprint density at radius 3 is 2.75 bits per heavy atom. The monoisotopic (exact) mass is 278 g/mol. The van der Waals surface area contributed by atoms with E-state index >= 15 is 0 Å². The molecule has 110 valence electrons. The average molecular weight is 278 g/mol. The number of amides is 1. The van der Waals surface area contributed by atoms with Crippen LogP contribution in [0.5, 0.6) is 0 Å². The minimum Gasteiger partial charge on any atom is -0.384 e. The number of pyridine rings is 1. The number of ether oxygens (including phenoxy) is 1. The lowest BCUT2D eigenvalue weighted by molar-refractivity contribution is 0.0740. The zero-order valence-corrected chi connectivity index (χ0v) is 12.1. The molecule has 1 fully saturated rings. The highest BCUT2D eigenvalue weighted by molar-refractivity contribution is 5.93. The van der Waals surface area contributed by atoms with Crippen molar-refractivity contribution in [3.05, 3.63) is 33.7 Å². The molecule has 5 heteroatoms. The molecule has 20 heavy (non-hydrogen) atoms. The fourth-order valence-electron chi connectivity index (χ4n) is 2.92. The number of nitrogens with one attached hydrogen (secondary N) is 2. The number of aromatic nitrogens is 1. The predicted octanol–water partition coefficient (Wildman–Crippen LogP) is 1.62. The number of methoxy groups -OCH3 is 1. The SMILES string of the molecule is COCC1(CNC(=O)c2c[nH]c(C)cc2=O)CCCC1. The molecule has 1 saturated carbocycles. The van der Waals surface area contributed by atoms with Gasteiger partial charge in [0, 0.05) is 37.0 Å². The highest BCUT2D eigenvalue weighted by atomic mass is 16.5. The van der Waals surface area contributed by atoms with Crippen molar-refractivity contribution in [2.45, 2.75) is 32.6 Å². The van der Waals surface area contributed by atoms with Gasteiger partial charge in [0.2, 0.25) is 0 Å². The Morgan fingerprint density at radius 2 is 2.15 bits per heavy atom. The number of hydrogen-bond acceptors (Lipinski definition) is 3. The van der Waals surface area contributed by atoms with Gasteiger partial charge < -0.3 is 15.0 Å². The standard InChI is InChI=1S/C15H22N2O3/c1-11-7-13(18)12(8-16-11)14(19)17-9-15(10-20-2)5-3-4-6-15/h7-8H,3-6,9-10H2,1-2H3,(H,16,18)(H,17,19). The van der Waals surface area contributed by atoms with Crippen molar-refractivity contribution in [2.75, 3.05) is 20.3 Å². The molecule has 0 unspecified atom stereocenters. The normalized spacial score (nSPS) is 17.1. The fraction of sp³-hybridized carbons (Fsp3) is 0.600. The van der Waals surface area contributed by atoms with Gasteiger partial charge in [0.05, 0.1) is 6.61 Å². The first kappa shape index (κ1) is 14.8. The van der Waals surface area contributed by atoms with Crippen LogP contribution in [0.15, 0.2) is 17.1 Å². The van der Waals surface area contributed by atoms with Crippen molar-refractivity contribution < 1.29 is 9.53 Å². The molecule has 1 aromatic heterocycles. The second-order valence-corrected chi connectivity index (χ2v) is 5.72. The van der Waals surface area contributed by atoms with Gasteiger partial charge in [-0.05, 0) is 19.8 Å². The molecule has 5 nitrogen and oxygen atoms in total. The summed E-state index contributed by atoms with van der Waals surface area (Å²) in [6.07, 6.45) is 5.94. The Kier molecular flexibility index (Phi) is 4.60. The highest BCUT2D eigenvalue weighted by Gasteiger charge is 2.34. The number of carbonyl (C=O) groups is 1. The second-order valence-electron chi connectivity index (χ2n) is 5.72. The Morgan fingerprint density at radius 1 is 1.45 bits per heavy atom. The molecule has 1 heterocycles. The van der Waals surface area contributed by atoms with Gasteiger partial charge in [-0.15, -0.1) is 0 Å². The summed E-state index contributed by atoms with van der Waals surface area (Å²) in [6.45, 7) is 3.00. The van der Waals surface area contributed by atoms with Crippen molar-refractivity contribution in [1.29, 1.82) is 0 Å². The third-order valence-electron chi connectivity index (χ3n) is 4.04. The smallest absolute Gasteiger partial charge is 0.256 e. The average Bonchev–Trinajstić information content (AvgIpc) is 2.85. The van der Waals surface area contributed by atoms with Gasteiger partial charge in [-0.1, -0.05) is 12.8 Å². The first-order valence-corrected chi connectivity index (χ1v) is 7.03. The van der Waals surface area contributed by atoms with Gasteiger partial charge in [-0.3, -0.25) is 9.59 Å². The highest BCUT2D eigenvalue weighted by Crippen LogP contribution is 2.37. The summed E-state index contributed by atoms with van der Waals surface area (Å²) in [4.78, 5) is 26.8. The van der Waals surface area contributed by atoms with Crippen LogP contribution >= 0.6 is 0 Å². The van der Waals surface area contributed by atoms with Crippen LogP contribution in [0.2, 0.25) is 0 Å². The quantitative estimate of drug-likeness (QED) is 0.859. The fourth-order valence-corrected chi connectivity index (χ4v) is 2.92. The van der Waals surface area contributed by atoms with Crippen LogP contribution in [-0.2, 0) is 4.74 Å². The minimum absolute atomic E-state index is 0.0296. The topological polar surface area (TPSA) is 71.2 Å².